The Kier molecular flexibility index (Phi) is 7.99. The van der Waals surface area contributed by atoms with Crippen molar-refractivity contribution >= 4 is 41.5 Å². The first kappa shape index (κ1) is 21.4. The van der Waals surface area contributed by atoms with Crippen molar-refractivity contribution in [2.45, 2.75) is 13.1 Å². The first-order valence-corrected chi connectivity index (χ1v) is 8.37. The third-order valence-corrected chi connectivity index (χ3v) is 3.83. The molecule has 0 spiro atoms. The molecule has 0 fully saturated rings. The largest absolute Gasteiger partial charge is 0.459 e. The number of furan rings is 1. The molecule has 3 aromatic rings. The monoisotopic (exact) mass is 495 g/mol. The van der Waals surface area contributed by atoms with Crippen molar-refractivity contribution in [2.75, 3.05) is 12.4 Å². The smallest absolute Gasteiger partial charge is 0.291 e. The molecule has 148 valence electrons. The quantitative estimate of drug-likeness (QED) is 0.275. The van der Waals surface area contributed by atoms with Crippen LogP contribution in [0.3, 0.4) is 0 Å². The highest BCUT2D eigenvalue weighted by Gasteiger charge is 2.09. The second kappa shape index (κ2) is 10.4. The predicted molar refractivity (Wildman–Crippen MR) is 117 cm³/mol. The van der Waals surface area contributed by atoms with Crippen LogP contribution in [0.15, 0.2) is 58.4 Å². The van der Waals surface area contributed by atoms with Gasteiger partial charge in [0.25, 0.3) is 5.91 Å². The van der Waals surface area contributed by atoms with E-state index in [4.69, 9.17) is 4.42 Å². The van der Waals surface area contributed by atoms with Gasteiger partial charge in [0.2, 0.25) is 0 Å². The van der Waals surface area contributed by atoms with Gasteiger partial charge in [-0.15, -0.1) is 24.0 Å². The Hall–Kier alpha value is -2.89. The molecule has 0 atom stereocenters. The molecule has 2 heterocycles. The Labute approximate surface area is 179 Å². The summed E-state index contributed by atoms with van der Waals surface area (Å²) in [6, 6.07) is 10.9. The number of nitrogens with one attached hydrogen (secondary N) is 3. The van der Waals surface area contributed by atoms with E-state index in [2.05, 4.69) is 31.0 Å². The summed E-state index contributed by atoms with van der Waals surface area (Å²) < 4.78 is 6.80. The molecule has 0 radical (unpaired) electrons. The number of guanidine groups is 1. The van der Waals surface area contributed by atoms with Gasteiger partial charge in [-0.25, -0.2) is 4.98 Å². The second-order valence-electron chi connectivity index (χ2n) is 5.71. The molecule has 1 aromatic carbocycles. The number of benzene rings is 1. The van der Waals surface area contributed by atoms with Gasteiger partial charge in [0.1, 0.15) is 12.2 Å². The van der Waals surface area contributed by atoms with Gasteiger partial charge in [-0.05, 0) is 29.8 Å². The van der Waals surface area contributed by atoms with Crippen LogP contribution in [0.1, 0.15) is 21.9 Å². The van der Waals surface area contributed by atoms with Gasteiger partial charge in [-0.3, -0.25) is 14.5 Å². The van der Waals surface area contributed by atoms with E-state index >= 15 is 0 Å². The van der Waals surface area contributed by atoms with E-state index in [0.717, 1.165) is 11.4 Å². The van der Waals surface area contributed by atoms with Gasteiger partial charge in [-0.1, -0.05) is 12.1 Å². The third-order valence-electron chi connectivity index (χ3n) is 3.83. The maximum absolute atomic E-state index is 12.1. The Morgan fingerprint density at radius 1 is 1.21 bits per heavy atom. The zero-order valence-corrected chi connectivity index (χ0v) is 17.9. The molecule has 0 aliphatic carbocycles. The van der Waals surface area contributed by atoms with Gasteiger partial charge in [0.15, 0.2) is 11.7 Å². The second-order valence-corrected chi connectivity index (χ2v) is 5.71. The number of amides is 1. The van der Waals surface area contributed by atoms with Crippen LogP contribution in [0.4, 0.5) is 5.69 Å². The van der Waals surface area contributed by atoms with Crippen molar-refractivity contribution in [2.24, 2.45) is 12.0 Å². The van der Waals surface area contributed by atoms with E-state index in [-0.39, 0.29) is 35.6 Å². The van der Waals surface area contributed by atoms with E-state index in [1.807, 2.05) is 31.3 Å². The molecular formula is C18H22IN7O2. The number of nitrogens with zero attached hydrogens (tertiary/aromatic N) is 4. The van der Waals surface area contributed by atoms with Crippen LogP contribution >= 0.6 is 24.0 Å². The summed E-state index contributed by atoms with van der Waals surface area (Å²) in [4.78, 5) is 20.4. The van der Waals surface area contributed by atoms with E-state index in [9.17, 15) is 4.79 Å². The fraction of sp³-hybridized carbons (Fsp3) is 0.222. The van der Waals surface area contributed by atoms with Crippen LogP contribution in [0.5, 0.6) is 0 Å². The molecule has 2 aromatic heterocycles. The topological polar surface area (TPSA) is 109 Å². The molecule has 28 heavy (non-hydrogen) atoms. The minimum atomic E-state index is -0.286. The number of anilines is 1. The molecule has 0 aliphatic heterocycles. The Morgan fingerprint density at radius 2 is 2.04 bits per heavy atom. The van der Waals surface area contributed by atoms with Crippen molar-refractivity contribution in [3.63, 3.8) is 0 Å². The normalized spacial score (nSPS) is 10.9. The van der Waals surface area contributed by atoms with E-state index in [0.29, 0.717) is 24.7 Å². The number of hydrogen-bond donors (Lipinski definition) is 3. The van der Waals surface area contributed by atoms with Gasteiger partial charge in [0.05, 0.1) is 12.8 Å². The Bertz CT molecular complexity index is 922. The van der Waals surface area contributed by atoms with E-state index in [1.165, 1.54) is 12.6 Å². The highest BCUT2D eigenvalue weighted by Crippen LogP contribution is 2.12. The lowest BCUT2D eigenvalue weighted by Gasteiger charge is -2.12. The SMILES string of the molecule is CN=C(NCc1cccc(NC(=O)c2ccco2)c1)NCc1ncnn1C.I. The van der Waals surface area contributed by atoms with Crippen LogP contribution in [-0.4, -0.2) is 33.7 Å². The first-order valence-electron chi connectivity index (χ1n) is 8.37. The Balaban J connectivity index is 0.00000280. The maximum atomic E-state index is 12.1. The highest BCUT2D eigenvalue weighted by molar-refractivity contribution is 14.0. The van der Waals surface area contributed by atoms with E-state index < -0.39 is 0 Å². The number of rotatable bonds is 6. The first-order chi connectivity index (χ1) is 13.2. The Morgan fingerprint density at radius 3 is 2.71 bits per heavy atom. The fourth-order valence-electron chi connectivity index (χ4n) is 2.41. The van der Waals surface area contributed by atoms with Gasteiger partial charge in [0, 0.05) is 26.3 Å². The summed E-state index contributed by atoms with van der Waals surface area (Å²) in [5, 5.41) is 13.2. The molecule has 0 aliphatic rings. The summed E-state index contributed by atoms with van der Waals surface area (Å²) in [5.74, 6) is 1.43. The number of aliphatic imine (C=N–C) groups is 1. The number of halogens is 1. The summed E-state index contributed by atoms with van der Waals surface area (Å²) in [6.45, 7) is 1.05. The van der Waals surface area contributed by atoms with Crippen LogP contribution in [0.25, 0.3) is 0 Å². The molecule has 9 nitrogen and oxygen atoms in total. The molecule has 10 heteroatoms. The van der Waals surface area contributed by atoms with Crippen LogP contribution < -0.4 is 16.0 Å². The van der Waals surface area contributed by atoms with Crippen molar-refractivity contribution in [1.82, 2.24) is 25.4 Å². The lowest BCUT2D eigenvalue weighted by molar-refractivity contribution is 0.0996. The van der Waals surface area contributed by atoms with Crippen molar-refractivity contribution in [3.8, 4) is 0 Å². The highest BCUT2D eigenvalue weighted by atomic mass is 127. The van der Waals surface area contributed by atoms with Crippen LogP contribution in [0.2, 0.25) is 0 Å². The number of carbonyl (C=O) groups is 1. The fourth-order valence-corrected chi connectivity index (χ4v) is 2.41. The summed E-state index contributed by atoms with van der Waals surface area (Å²) >= 11 is 0. The summed E-state index contributed by atoms with van der Waals surface area (Å²) in [5.41, 5.74) is 1.69. The van der Waals surface area contributed by atoms with Crippen LogP contribution in [0, 0.1) is 0 Å². The van der Waals surface area contributed by atoms with Gasteiger partial charge >= 0.3 is 0 Å². The maximum Gasteiger partial charge on any atom is 0.291 e. The molecular weight excluding hydrogens is 473 g/mol. The van der Waals surface area contributed by atoms with Gasteiger partial charge < -0.3 is 20.4 Å². The minimum absolute atomic E-state index is 0. The number of carbonyl (C=O) groups excluding carboxylic acids is 1. The number of aryl methyl sites for hydroxylation is 1. The molecule has 0 unspecified atom stereocenters. The molecule has 0 saturated heterocycles. The molecule has 3 rings (SSSR count). The zero-order chi connectivity index (χ0) is 19.1. The summed E-state index contributed by atoms with van der Waals surface area (Å²) in [6.07, 6.45) is 2.98. The average Bonchev–Trinajstić information content (AvgIpc) is 3.34. The zero-order valence-electron chi connectivity index (χ0n) is 15.5. The van der Waals surface area contributed by atoms with Crippen LogP contribution in [-0.2, 0) is 20.1 Å². The van der Waals surface area contributed by atoms with Crippen molar-refractivity contribution in [1.29, 1.82) is 0 Å². The minimum Gasteiger partial charge on any atom is -0.459 e. The number of hydrogen-bond acceptors (Lipinski definition) is 5. The lowest BCUT2D eigenvalue weighted by Crippen LogP contribution is -2.36. The third kappa shape index (κ3) is 5.81. The molecule has 1 amide bonds. The molecule has 0 bridgehead atoms. The average molecular weight is 495 g/mol. The van der Waals surface area contributed by atoms with E-state index in [1.54, 1.807) is 23.9 Å². The van der Waals surface area contributed by atoms with Gasteiger partial charge in [-0.2, -0.15) is 5.10 Å². The van der Waals surface area contributed by atoms with Crippen molar-refractivity contribution in [3.05, 3.63) is 66.1 Å². The standard InChI is InChI=1S/C18H21N7O2.HI/c1-19-18(21-11-16-22-12-23-25(16)2)20-10-13-5-3-6-14(9-13)24-17(26)15-7-4-8-27-15;/h3-9,12H,10-11H2,1-2H3,(H,24,26)(H2,19,20,21);1H. The summed E-state index contributed by atoms with van der Waals surface area (Å²) in [7, 11) is 3.54. The number of aromatic nitrogens is 3. The molecule has 0 saturated carbocycles. The predicted octanol–water partition coefficient (Wildman–Crippen LogP) is 2.14. The molecule has 3 N–H and O–H groups in total. The lowest BCUT2D eigenvalue weighted by atomic mass is 10.2. The van der Waals surface area contributed by atoms with Crippen molar-refractivity contribution < 1.29 is 9.21 Å².